The van der Waals surface area contributed by atoms with Crippen LogP contribution in [0, 0.1) is 16.7 Å². The zero-order valence-electron chi connectivity index (χ0n) is 11.8. The number of carbonyl (C=O) groups is 1. The first-order chi connectivity index (χ1) is 9.27. The van der Waals surface area contributed by atoms with E-state index in [1.54, 1.807) is 6.92 Å². The third-order valence-corrected chi connectivity index (χ3v) is 6.35. The topological polar surface area (TPSA) is 101 Å². The van der Waals surface area contributed by atoms with E-state index >= 15 is 0 Å². The molecule has 0 saturated heterocycles. The Bertz CT molecular complexity index is 572. The highest BCUT2D eigenvalue weighted by Crippen LogP contribution is 2.66. The molecule has 2 fully saturated rings. The second kappa shape index (κ2) is 4.36. The Balaban J connectivity index is 2.25. The molecule has 2 aliphatic carbocycles. The zero-order chi connectivity index (χ0) is 16.4. The Morgan fingerprint density at radius 3 is 2.24 bits per heavy atom. The lowest BCUT2D eigenvalue weighted by Crippen LogP contribution is -2.46. The molecule has 0 radical (unpaired) electrons. The summed E-state index contributed by atoms with van der Waals surface area (Å²) in [6.07, 6.45) is -1.13. The van der Waals surface area contributed by atoms with Crippen molar-refractivity contribution in [3.05, 3.63) is 0 Å². The van der Waals surface area contributed by atoms with E-state index in [4.69, 9.17) is 4.55 Å². The van der Waals surface area contributed by atoms with Crippen molar-refractivity contribution in [3.63, 3.8) is 0 Å². The molecule has 2 aliphatic rings. The molecule has 0 spiro atoms. The van der Waals surface area contributed by atoms with E-state index in [9.17, 15) is 27.1 Å². The third-order valence-electron chi connectivity index (χ3n) is 5.54. The number of hydrogen-bond donors (Lipinski definition) is 2. The van der Waals surface area contributed by atoms with Gasteiger partial charge in [-0.1, -0.05) is 20.8 Å². The molecule has 0 aromatic rings. The number of aliphatic hydroxyl groups excluding tert-OH is 1. The quantitative estimate of drug-likeness (QED) is 0.596. The van der Waals surface area contributed by atoms with Crippen molar-refractivity contribution in [1.29, 1.82) is 0 Å². The van der Waals surface area contributed by atoms with Crippen LogP contribution in [0.5, 0.6) is 0 Å². The largest absolute Gasteiger partial charge is 0.465 e. The zero-order valence-corrected chi connectivity index (χ0v) is 12.7. The van der Waals surface area contributed by atoms with Crippen LogP contribution in [0.2, 0.25) is 0 Å². The summed E-state index contributed by atoms with van der Waals surface area (Å²) in [5, 5.41) is 5.22. The molecule has 2 bridgehead atoms. The van der Waals surface area contributed by atoms with E-state index in [1.165, 1.54) is 0 Å². The van der Waals surface area contributed by atoms with Gasteiger partial charge in [0.2, 0.25) is 0 Å². The van der Waals surface area contributed by atoms with E-state index in [0.29, 0.717) is 12.8 Å². The normalized spacial score (nSPS) is 38.5. The maximum absolute atomic E-state index is 13.2. The third kappa shape index (κ3) is 2.01. The van der Waals surface area contributed by atoms with Gasteiger partial charge in [0, 0.05) is 11.3 Å². The van der Waals surface area contributed by atoms with Crippen LogP contribution in [-0.2, 0) is 19.6 Å². The smallest absolute Gasteiger partial charge is 0.454 e. The van der Waals surface area contributed by atoms with Gasteiger partial charge in [-0.25, -0.2) is 4.79 Å². The summed E-state index contributed by atoms with van der Waals surface area (Å²) >= 11 is 0. The maximum Gasteiger partial charge on any atom is 0.465 e. The number of esters is 1. The van der Waals surface area contributed by atoms with Crippen molar-refractivity contribution in [2.75, 3.05) is 0 Å². The summed E-state index contributed by atoms with van der Waals surface area (Å²) in [5.74, 6) is -2.71. The van der Waals surface area contributed by atoms with Gasteiger partial charge in [0.1, 0.15) is 6.10 Å². The van der Waals surface area contributed by atoms with Crippen molar-refractivity contribution < 1.29 is 36.4 Å². The number of fused-ring (bicyclic) bond motifs is 2. The summed E-state index contributed by atoms with van der Waals surface area (Å²) < 4.78 is 60.5. The first-order valence-electron chi connectivity index (χ1n) is 6.51. The number of rotatable bonds is 3. The molecule has 6 nitrogen and oxygen atoms in total. The molecule has 2 rings (SSSR count). The summed E-state index contributed by atoms with van der Waals surface area (Å²) in [7, 11) is -5.91. The van der Waals surface area contributed by atoms with Crippen LogP contribution in [-0.4, -0.2) is 41.5 Å². The van der Waals surface area contributed by atoms with Gasteiger partial charge in [0.25, 0.3) is 0 Å². The molecule has 9 heteroatoms. The average Bonchev–Trinajstić information content (AvgIpc) is 2.62. The average molecular weight is 328 g/mol. The number of hydrogen-bond acceptors (Lipinski definition) is 5. The van der Waals surface area contributed by atoms with Crippen LogP contribution in [0.3, 0.4) is 0 Å². The fourth-order valence-electron chi connectivity index (χ4n) is 3.69. The van der Waals surface area contributed by atoms with Gasteiger partial charge in [0.15, 0.2) is 0 Å². The Kier molecular flexibility index (Phi) is 3.44. The molecule has 122 valence electrons. The molecule has 0 amide bonds. The lowest BCUT2D eigenvalue weighted by Gasteiger charge is -2.36. The second-order valence-electron chi connectivity index (χ2n) is 6.59. The summed E-state index contributed by atoms with van der Waals surface area (Å²) in [5.41, 5.74) is -1.04. The van der Waals surface area contributed by atoms with Crippen molar-refractivity contribution in [1.82, 2.24) is 0 Å². The van der Waals surface area contributed by atoms with Gasteiger partial charge < -0.3 is 9.84 Å². The molecule has 2 saturated carbocycles. The first kappa shape index (κ1) is 16.6. The van der Waals surface area contributed by atoms with Gasteiger partial charge in [-0.3, -0.25) is 4.55 Å². The van der Waals surface area contributed by atoms with Crippen molar-refractivity contribution >= 4 is 16.1 Å². The molecule has 0 aromatic heterocycles. The van der Waals surface area contributed by atoms with E-state index in [2.05, 4.69) is 4.74 Å². The summed E-state index contributed by atoms with van der Waals surface area (Å²) in [6, 6.07) is 0. The van der Waals surface area contributed by atoms with Crippen molar-refractivity contribution in [3.8, 4) is 0 Å². The van der Waals surface area contributed by atoms with Gasteiger partial charge >= 0.3 is 21.3 Å². The van der Waals surface area contributed by atoms with E-state index < -0.39 is 44.4 Å². The number of ether oxygens (including phenoxy) is 1. The summed E-state index contributed by atoms with van der Waals surface area (Å²) in [6.45, 7) is 5.48. The Hall–Kier alpha value is -0.800. The molecule has 2 N–H and O–H groups in total. The number of alkyl halides is 2. The van der Waals surface area contributed by atoms with E-state index in [-0.39, 0.29) is 5.92 Å². The maximum atomic E-state index is 13.2. The van der Waals surface area contributed by atoms with Crippen LogP contribution < -0.4 is 0 Å². The van der Waals surface area contributed by atoms with Crippen LogP contribution in [0.15, 0.2) is 0 Å². The predicted molar refractivity (Wildman–Crippen MR) is 67.0 cm³/mol. The van der Waals surface area contributed by atoms with Gasteiger partial charge in [-0.05, 0) is 18.3 Å². The first-order valence-corrected chi connectivity index (χ1v) is 7.95. The van der Waals surface area contributed by atoms with Crippen LogP contribution in [0.4, 0.5) is 8.78 Å². The van der Waals surface area contributed by atoms with Gasteiger partial charge in [0.05, 0.1) is 6.10 Å². The molecule has 0 aliphatic heterocycles. The molecule has 4 unspecified atom stereocenters. The van der Waals surface area contributed by atoms with E-state index in [0.717, 1.165) is 0 Å². The van der Waals surface area contributed by atoms with Crippen LogP contribution in [0.1, 0.15) is 33.6 Å². The molecule has 0 aromatic carbocycles. The Morgan fingerprint density at radius 1 is 1.33 bits per heavy atom. The minimum Gasteiger partial charge on any atom is -0.454 e. The van der Waals surface area contributed by atoms with Crippen LogP contribution in [0.25, 0.3) is 0 Å². The molecular formula is C12H18F2O6S. The van der Waals surface area contributed by atoms with Gasteiger partial charge in [-0.2, -0.15) is 17.2 Å². The van der Waals surface area contributed by atoms with Crippen LogP contribution >= 0.6 is 0 Å². The lowest BCUT2D eigenvalue weighted by atomic mass is 9.70. The molecule has 4 atom stereocenters. The van der Waals surface area contributed by atoms with Gasteiger partial charge in [-0.15, -0.1) is 0 Å². The molecule has 0 heterocycles. The monoisotopic (exact) mass is 328 g/mol. The summed E-state index contributed by atoms with van der Waals surface area (Å²) in [4.78, 5) is 11.4. The Morgan fingerprint density at radius 2 is 1.86 bits per heavy atom. The van der Waals surface area contributed by atoms with E-state index in [1.807, 2.05) is 13.8 Å². The Labute approximate surface area is 121 Å². The minimum atomic E-state index is -5.91. The highest BCUT2D eigenvalue weighted by Gasteiger charge is 2.68. The minimum absolute atomic E-state index is 0.348. The fourth-order valence-corrected chi connectivity index (χ4v) is 3.95. The number of aliphatic hydroxyl groups is 1. The fraction of sp³-hybridized carbons (Fsp3) is 0.917. The number of carbonyl (C=O) groups excluding carboxylic acids is 1. The predicted octanol–water partition coefficient (Wildman–Crippen LogP) is 1.20. The molecule has 21 heavy (non-hydrogen) atoms. The standard InChI is InChI=1S/C12H18F2O6S/c1-10(2)6-4-5-11(10,3)8(15)7(6)20-9(16)12(13,14)21(17,18)19/h6-8,15H,4-5H2,1-3H3,(H,17,18,19). The number of halogens is 2. The highest BCUT2D eigenvalue weighted by molar-refractivity contribution is 7.87. The highest BCUT2D eigenvalue weighted by atomic mass is 32.2. The second-order valence-corrected chi connectivity index (χ2v) is 8.05. The molecular weight excluding hydrogens is 310 g/mol. The lowest BCUT2D eigenvalue weighted by molar-refractivity contribution is -0.178. The van der Waals surface area contributed by atoms with Crippen molar-refractivity contribution in [2.45, 2.75) is 51.1 Å². The van der Waals surface area contributed by atoms with Crippen molar-refractivity contribution in [2.24, 2.45) is 16.7 Å². The SMILES string of the molecule is CC1(C)C2CCC1(C)C(O)C2OC(=O)C(F)(F)S(=O)(=O)O.